The number of aromatic hydroxyl groups is 1. The SMILES string of the molecule is CCCC1=C2[C@@H](CC/C(=C/c3ccc(O)cc3Cl)CC)OC[C@@H]2[C@@H]2C(=O)N(CCC)C(=O)[C@@H]2C1. The van der Waals surface area contributed by atoms with Crippen molar-refractivity contribution in [2.75, 3.05) is 13.2 Å². The quantitative estimate of drug-likeness (QED) is 0.336. The Morgan fingerprint density at radius 1 is 1.18 bits per heavy atom. The van der Waals surface area contributed by atoms with Gasteiger partial charge in [0.15, 0.2) is 0 Å². The number of phenols is 1. The fourth-order valence-electron chi connectivity index (χ4n) is 6.04. The molecule has 5 nitrogen and oxygen atoms in total. The van der Waals surface area contributed by atoms with E-state index in [0.29, 0.717) is 24.6 Å². The first-order valence-electron chi connectivity index (χ1n) is 12.8. The van der Waals surface area contributed by atoms with Crippen molar-refractivity contribution in [2.24, 2.45) is 17.8 Å². The number of halogens is 1. The van der Waals surface area contributed by atoms with E-state index in [1.165, 1.54) is 21.6 Å². The third-order valence-corrected chi connectivity index (χ3v) is 7.95. The molecule has 0 spiro atoms. The average molecular weight is 486 g/mol. The van der Waals surface area contributed by atoms with Crippen LogP contribution in [-0.2, 0) is 14.3 Å². The van der Waals surface area contributed by atoms with Crippen molar-refractivity contribution in [1.29, 1.82) is 0 Å². The van der Waals surface area contributed by atoms with Crippen LogP contribution in [0.25, 0.3) is 6.08 Å². The highest BCUT2D eigenvalue weighted by atomic mass is 35.5. The number of hydrogen-bond acceptors (Lipinski definition) is 4. The number of phenolic OH excluding ortho intramolecular Hbond substituents is 1. The summed E-state index contributed by atoms with van der Waals surface area (Å²) in [6.07, 6.45) is 8.21. The van der Waals surface area contributed by atoms with Gasteiger partial charge in [-0.2, -0.15) is 0 Å². The predicted octanol–water partition coefficient (Wildman–Crippen LogP) is 6.15. The number of ether oxygens (including phenoxy) is 1. The minimum atomic E-state index is -0.253. The summed E-state index contributed by atoms with van der Waals surface area (Å²) in [6.45, 7) is 7.36. The van der Waals surface area contributed by atoms with Crippen molar-refractivity contribution in [3.05, 3.63) is 45.5 Å². The van der Waals surface area contributed by atoms with Crippen molar-refractivity contribution < 1.29 is 19.4 Å². The van der Waals surface area contributed by atoms with Gasteiger partial charge >= 0.3 is 0 Å². The van der Waals surface area contributed by atoms with E-state index in [4.69, 9.17) is 16.3 Å². The molecule has 0 bridgehead atoms. The third-order valence-electron chi connectivity index (χ3n) is 7.62. The number of nitrogens with zero attached hydrogens (tertiary/aromatic N) is 1. The zero-order valence-electron chi connectivity index (χ0n) is 20.5. The van der Waals surface area contributed by atoms with E-state index < -0.39 is 0 Å². The Hall–Kier alpha value is -2.11. The first-order chi connectivity index (χ1) is 16.4. The van der Waals surface area contributed by atoms with Gasteiger partial charge in [-0.1, -0.05) is 56.0 Å². The van der Waals surface area contributed by atoms with Crippen LogP contribution in [0.1, 0.15) is 71.3 Å². The number of allylic oxidation sites excluding steroid dienone is 2. The van der Waals surface area contributed by atoms with Crippen LogP contribution < -0.4 is 0 Å². The molecule has 1 N–H and O–H groups in total. The fraction of sp³-hybridized carbons (Fsp3) is 0.571. The lowest BCUT2D eigenvalue weighted by Gasteiger charge is -2.32. The average Bonchev–Trinajstić information content (AvgIpc) is 3.33. The standard InChI is InChI=1S/C28H36ClNO4/c1-4-7-19-14-21-26(28(33)30(12-5-2)27(21)32)22-16-34-24(25(19)22)11-8-17(6-3)13-18-9-10-20(31)15-23(18)29/h9-10,13,15,21-22,24,26,31H,4-8,11-12,14,16H2,1-3H3/b17-13+/t21-,22+,24-,26-/m1/s1. The number of likely N-dealkylation sites (tertiary alicyclic amines) is 1. The van der Waals surface area contributed by atoms with Gasteiger partial charge in [0.1, 0.15) is 5.75 Å². The lowest BCUT2D eigenvalue weighted by molar-refractivity contribution is -0.140. The molecule has 1 aliphatic carbocycles. The van der Waals surface area contributed by atoms with E-state index in [2.05, 4.69) is 19.9 Å². The summed E-state index contributed by atoms with van der Waals surface area (Å²) in [7, 11) is 0. The normalized spacial score (nSPS) is 26.9. The van der Waals surface area contributed by atoms with Crippen LogP contribution >= 0.6 is 11.6 Å². The second-order valence-electron chi connectivity index (χ2n) is 9.80. The molecule has 6 heteroatoms. The molecular formula is C28H36ClNO4. The summed E-state index contributed by atoms with van der Waals surface area (Å²) in [4.78, 5) is 27.8. The lowest BCUT2D eigenvalue weighted by atomic mass is 9.68. The first-order valence-corrected chi connectivity index (χ1v) is 13.1. The van der Waals surface area contributed by atoms with Crippen LogP contribution in [0, 0.1) is 17.8 Å². The zero-order valence-corrected chi connectivity index (χ0v) is 21.2. The van der Waals surface area contributed by atoms with E-state index >= 15 is 0 Å². The van der Waals surface area contributed by atoms with Crippen LogP contribution in [0.15, 0.2) is 34.9 Å². The van der Waals surface area contributed by atoms with Crippen LogP contribution in [0.5, 0.6) is 5.75 Å². The van der Waals surface area contributed by atoms with E-state index in [1.807, 2.05) is 13.0 Å². The molecule has 0 unspecified atom stereocenters. The molecule has 0 radical (unpaired) electrons. The summed E-state index contributed by atoms with van der Waals surface area (Å²) >= 11 is 6.31. The maximum absolute atomic E-state index is 13.2. The largest absolute Gasteiger partial charge is 0.508 e. The number of hydrogen-bond donors (Lipinski definition) is 1. The van der Waals surface area contributed by atoms with Crippen molar-refractivity contribution in [3.8, 4) is 5.75 Å². The third kappa shape index (κ3) is 4.70. The van der Waals surface area contributed by atoms with Gasteiger partial charge < -0.3 is 9.84 Å². The topological polar surface area (TPSA) is 66.8 Å². The van der Waals surface area contributed by atoms with Crippen molar-refractivity contribution in [3.63, 3.8) is 0 Å². The van der Waals surface area contributed by atoms with Gasteiger partial charge in [0.25, 0.3) is 0 Å². The van der Waals surface area contributed by atoms with Gasteiger partial charge in [0.2, 0.25) is 11.8 Å². The highest BCUT2D eigenvalue weighted by molar-refractivity contribution is 6.32. The summed E-state index contributed by atoms with van der Waals surface area (Å²) in [5.41, 5.74) is 4.83. The number of amides is 2. The van der Waals surface area contributed by atoms with Gasteiger partial charge in [0.05, 0.1) is 29.6 Å². The van der Waals surface area contributed by atoms with Gasteiger partial charge in [-0.3, -0.25) is 14.5 Å². The summed E-state index contributed by atoms with van der Waals surface area (Å²) in [6, 6.07) is 5.05. The Morgan fingerprint density at radius 2 is 1.97 bits per heavy atom. The molecule has 1 aromatic carbocycles. The predicted molar refractivity (Wildman–Crippen MR) is 134 cm³/mol. The van der Waals surface area contributed by atoms with Crippen LogP contribution in [0.2, 0.25) is 5.02 Å². The molecule has 34 heavy (non-hydrogen) atoms. The first kappa shape index (κ1) is 25.0. The van der Waals surface area contributed by atoms with E-state index in [1.54, 1.807) is 12.1 Å². The molecule has 2 amide bonds. The summed E-state index contributed by atoms with van der Waals surface area (Å²) in [5, 5.41) is 10.2. The van der Waals surface area contributed by atoms with E-state index in [9.17, 15) is 14.7 Å². The van der Waals surface area contributed by atoms with Gasteiger partial charge in [-0.25, -0.2) is 0 Å². The lowest BCUT2D eigenvalue weighted by Crippen LogP contribution is -2.34. The molecule has 0 aromatic heterocycles. The summed E-state index contributed by atoms with van der Waals surface area (Å²) < 4.78 is 6.32. The highest BCUT2D eigenvalue weighted by Gasteiger charge is 2.56. The Morgan fingerprint density at radius 3 is 2.65 bits per heavy atom. The maximum atomic E-state index is 13.2. The molecule has 2 fully saturated rings. The molecule has 0 saturated carbocycles. The number of fused-ring (bicyclic) bond motifs is 3. The number of rotatable bonds is 9. The van der Waals surface area contributed by atoms with Crippen LogP contribution in [-0.4, -0.2) is 41.1 Å². The Labute approximate surface area is 207 Å². The second-order valence-corrected chi connectivity index (χ2v) is 10.2. The molecule has 3 aliphatic rings. The smallest absolute Gasteiger partial charge is 0.233 e. The van der Waals surface area contributed by atoms with Crippen molar-refractivity contribution in [2.45, 2.75) is 71.8 Å². The molecule has 1 aromatic rings. The van der Waals surface area contributed by atoms with Crippen LogP contribution in [0.3, 0.4) is 0 Å². The molecule has 4 rings (SSSR count). The van der Waals surface area contributed by atoms with E-state index in [0.717, 1.165) is 44.1 Å². The minimum absolute atomic E-state index is 0.000803. The molecule has 4 atom stereocenters. The Kier molecular flexibility index (Phi) is 7.83. The fourth-order valence-corrected chi connectivity index (χ4v) is 6.27. The van der Waals surface area contributed by atoms with Gasteiger partial charge in [-0.15, -0.1) is 0 Å². The number of carbonyl (C=O) groups excluding carboxylic acids is 2. The minimum Gasteiger partial charge on any atom is -0.508 e. The maximum Gasteiger partial charge on any atom is 0.233 e. The zero-order chi connectivity index (χ0) is 24.4. The Bertz CT molecular complexity index is 1010. The number of benzene rings is 1. The highest BCUT2D eigenvalue weighted by Crippen LogP contribution is 2.50. The van der Waals surface area contributed by atoms with Gasteiger partial charge in [0, 0.05) is 12.5 Å². The molecule has 184 valence electrons. The number of carbonyl (C=O) groups is 2. The monoisotopic (exact) mass is 485 g/mol. The second kappa shape index (κ2) is 10.7. The van der Waals surface area contributed by atoms with Crippen LogP contribution in [0.4, 0.5) is 0 Å². The molecule has 2 heterocycles. The Balaban J connectivity index is 1.55. The van der Waals surface area contributed by atoms with Gasteiger partial charge in [-0.05, 0) is 67.9 Å². The van der Waals surface area contributed by atoms with Crippen molar-refractivity contribution >= 4 is 29.5 Å². The molecule has 2 aliphatic heterocycles. The van der Waals surface area contributed by atoms with E-state index in [-0.39, 0.29) is 41.4 Å². The van der Waals surface area contributed by atoms with Crippen molar-refractivity contribution in [1.82, 2.24) is 4.90 Å². The molecular weight excluding hydrogens is 450 g/mol. The number of imide groups is 1. The summed E-state index contributed by atoms with van der Waals surface area (Å²) in [5.74, 6) is -0.237. The molecule has 2 saturated heterocycles.